The van der Waals surface area contributed by atoms with E-state index in [0.29, 0.717) is 18.3 Å². The Hall–Kier alpha value is -3.55. The lowest BCUT2D eigenvalue weighted by molar-refractivity contribution is 0.185. The molecule has 0 amide bonds. The van der Waals surface area contributed by atoms with Gasteiger partial charge in [-0.25, -0.2) is 4.79 Å². The second-order valence-corrected chi connectivity index (χ2v) is 11.3. The van der Waals surface area contributed by atoms with E-state index < -0.39 is 0 Å². The maximum atomic E-state index is 13.8. The van der Waals surface area contributed by atoms with Gasteiger partial charge in [-0.05, 0) is 71.6 Å². The maximum absolute atomic E-state index is 13.8. The molecule has 0 spiro atoms. The molecule has 3 heterocycles. The van der Waals surface area contributed by atoms with Crippen LogP contribution in [0.1, 0.15) is 77.2 Å². The molecule has 8 nitrogen and oxygen atoms in total. The van der Waals surface area contributed by atoms with Crippen LogP contribution < -0.4 is 5.69 Å². The Morgan fingerprint density at radius 3 is 2.65 bits per heavy atom. The number of nitrogens with zero attached hydrogens (tertiary/aromatic N) is 6. The lowest BCUT2D eigenvalue weighted by Crippen LogP contribution is -2.33. The summed E-state index contributed by atoms with van der Waals surface area (Å²) < 4.78 is 4.00. The van der Waals surface area contributed by atoms with E-state index in [1.54, 1.807) is 0 Å². The van der Waals surface area contributed by atoms with Crippen molar-refractivity contribution in [1.82, 2.24) is 34.7 Å². The zero-order valence-electron chi connectivity index (χ0n) is 22.3. The molecule has 1 saturated carbocycles. The number of pyridine rings is 1. The van der Waals surface area contributed by atoms with Crippen LogP contribution in [0.4, 0.5) is 0 Å². The van der Waals surface area contributed by atoms with Crippen molar-refractivity contribution in [3.8, 4) is 22.5 Å². The Labute approximate surface area is 218 Å². The summed E-state index contributed by atoms with van der Waals surface area (Å²) in [7, 11) is 0. The van der Waals surface area contributed by atoms with Crippen molar-refractivity contribution >= 4 is 0 Å². The van der Waals surface area contributed by atoms with E-state index in [-0.39, 0.29) is 17.1 Å². The molecule has 0 radical (unpaired) electrons. The number of aromatic nitrogens is 7. The van der Waals surface area contributed by atoms with E-state index in [9.17, 15) is 4.79 Å². The largest absolute Gasteiger partial charge is 0.328 e. The van der Waals surface area contributed by atoms with Gasteiger partial charge in [0, 0.05) is 29.7 Å². The first kappa shape index (κ1) is 25.1. The number of imidazole rings is 1. The van der Waals surface area contributed by atoms with Gasteiger partial charge in [-0.2, -0.15) is 5.21 Å². The van der Waals surface area contributed by atoms with Crippen LogP contribution in [0.5, 0.6) is 0 Å². The number of aryl methyl sites for hydroxylation is 1. The number of nitrogens with one attached hydrogen (secondary N) is 1. The van der Waals surface area contributed by atoms with Gasteiger partial charge in [0.25, 0.3) is 0 Å². The van der Waals surface area contributed by atoms with Crippen LogP contribution in [0, 0.1) is 11.3 Å². The number of unbranched alkanes of at least 4 members (excludes halogenated alkanes) is 1. The van der Waals surface area contributed by atoms with Crippen LogP contribution in [0.3, 0.4) is 0 Å². The molecule has 2 atom stereocenters. The first-order chi connectivity index (χ1) is 17.8. The van der Waals surface area contributed by atoms with Gasteiger partial charge in [0.05, 0.1) is 12.2 Å². The molecule has 1 fully saturated rings. The molecule has 1 aromatic carbocycles. The van der Waals surface area contributed by atoms with E-state index in [4.69, 9.17) is 0 Å². The Kier molecular flexibility index (Phi) is 7.09. The van der Waals surface area contributed by atoms with Gasteiger partial charge in [0.1, 0.15) is 0 Å². The molecule has 1 N–H and O–H groups in total. The molecule has 1 aliphatic carbocycles. The SMILES string of the molecule is CCCCc1cn(C2CCCC2C(C)(C)C)c(=O)n1Cc1cc(-c2cccc(-c3nn[nH]n3)c2)ccn1. The fourth-order valence-electron chi connectivity index (χ4n) is 5.82. The molecule has 0 bridgehead atoms. The van der Waals surface area contributed by atoms with E-state index in [1.165, 1.54) is 12.8 Å². The third-order valence-electron chi connectivity index (χ3n) is 7.76. The van der Waals surface area contributed by atoms with Crippen LogP contribution in [0.25, 0.3) is 22.5 Å². The smallest absolute Gasteiger partial charge is 0.296 e. The monoisotopic (exact) mass is 499 g/mol. The average Bonchev–Trinajstić information content (AvgIpc) is 3.65. The molecule has 4 aromatic rings. The zero-order chi connectivity index (χ0) is 26.0. The summed E-state index contributed by atoms with van der Waals surface area (Å²) in [4.78, 5) is 18.5. The fraction of sp³-hybridized carbons (Fsp3) is 0.483. The fourth-order valence-corrected chi connectivity index (χ4v) is 5.82. The van der Waals surface area contributed by atoms with Crippen molar-refractivity contribution in [1.29, 1.82) is 0 Å². The molecule has 194 valence electrons. The molecule has 8 heteroatoms. The van der Waals surface area contributed by atoms with Crippen LogP contribution in [0.15, 0.2) is 53.6 Å². The van der Waals surface area contributed by atoms with Crippen LogP contribution in [-0.2, 0) is 13.0 Å². The molecule has 1 aliphatic rings. The quantitative estimate of drug-likeness (QED) is 0.337. The zero-order valence-corrected chi connectivity index (χ0v) is 22.3. The van der Waals surface area contributed by atoms with E-state index in [1.807, 2.05) is 39.6 Å². The number of aromatic amines is 1. The highest BCUT2D eigenvalue weighted by atomic mass is 16.1. The first-order valence-electron chi connectivity index (χ1n) is 13.4. The number of hydrogen-bond acceptors (Lipinski definition) is 5. The lowest BCUT2D eigenvalue weighted by atomic mass is 9.77. The van der Waals surface area contributed by atoms with Gasteiger partial charge < -0.3 is 0 Å². The second-order valence-electron chi connectivity index (χ2n) is 11.3. The average molecular weight is 500 g/mol. The van der Waals surface area contributed by atoms with Gasteiger partial charge in [-0.3, -0.25) is 14.1 Å². The van der Waals surface area contributed by atoms with E-state index in [2.05, 4.69) is 71.6 Å². The number of hydrogen-bond donors (Lipinski definition) is 1. The Balaban J connectivity index is 1.47. The first-order valence-corrected chi connectivity index (χ1v) is 13.4. The highest BCUT2D eigenvalue weighted by Gasteiger charge is 2.38. The minimum absolute atomic E-state index is 0.0959. The van der Waals surface area contributed by atoms with Crippen molar-refractivity contribution in [2.24, 2.45) is 11.3 Å². The predicted molar refractivity (Wildman–Crippen MR) is 145 cm³/mol. The normalized spacial score (nSPS) is 17.9. The predicted octanol–water partition coefficient (Wildman–Crippen LogP) is 5.67. The number of H-pyrrole nitrogens is 1. The van der Waals surface area contributed by atoms with Crippen molar-refractivity contribution in [3.63, 3.8) is 0 Å². The van der Waals surface area contributed by atoms with Crippen molar-refractivity contribution < 1.29 is 0 Å². The second kappa shape index (κ2) is 10.4. The third-order valence-corrected chi connectivity index (χ3v) is 7.76. The third kappa shape index (κ3) is 5.29. The van der Waals surface area contributed by atoms with E-state index in [0.717, 1.165) is 53.8 Å². The standard InChI is InChI=1S/C29H37N7O/c1-5-6-11-24-19-36(26-13-8-12-25(26)29(2,3)4)28(37)35(24)18-23-17-21(14-15-30-23)20-9-7-10-22(16-20)27-31-33-34-32-27/h7,9-10,14-17,19,25-26H,5-6,8,11-13,18H2,1-4H3,(H,31,32,33,34). The summed E-state index contributed by atoms with van der Waals surface area (Å²) in [5, 5.41) is 14.4. The molecule has 3 aromatic heterocycles. The summed E-state index contributed by atoms with van der Waals surface area (Å²) in [5.74, 6) is 1.07. The van der Waals surface area contributed by atoms with Gasteiger partial charge in [0.15, 0.2) is 0 Å². The number of tetrazole rings is 1. The maximum Gasteiger partial charge on any atom is 0.328 e. The Bertz CT molecular complexity index is 1390. The summed E-state index contributed by atoms with van der Waals surface area (Å²) >= 11 is 0. The van der Waals surface area contributed by atoms with Crippen LogP contribution in [-0.4, -0.2) is 34.7 Å². The Morgan fingerprint density at radius 1 is 1.08 bits per heavy atom. The van der Waals surface area contributed by atoms with Crippen molar-refractivity contribution in [2.45, 2.75) is 78.8 Å². The highest BCUT2D eigenvalue weighted by Crippen LogP contribution is 2.45. The molecule has 37 heavy (non-hydrogen) atoms. The summed E-state index contributed by atoms with van der Waals surface area (Å²) in [6.07, 6.45) is 10.5. The topological polar surface area (TPSA) is 94.3 Å². The van der Waals surface area contributed by atoms with Gasteiger partial charge in [-0.1, -0.05) is 58.7 Å². The molecule has 2 unspecified atom stereocenters. The molecule has 5 rings (SSSR count). The summed E-state index contributed by atoms with van der Waals surface area (Å²) in [5.41, 5.74) is 5.24. The van der Waals surface area contributed by atoms with Gasteiger partial charge >= 0.3 is 5.69 Å². The van der Waals surface area contributed by atoms with E-state index >= 15 is 0 Å². The number of benzene rings is 1. The highest BCUT2D eigenvalue weighted by molar-refractivity contribution is 5.70. The molecule has 0 aliphatic heterocycles. The molecule has 0 saturated heterocycles. The van der Waals surface area contributed by atoms with Crippen molar-refractivity contribution in [2.75, 3.05) is 0 Å². The summed E-state index contributed by atoms with van der Waals surface area (Å²) in [6, 6.07) is 12.4. The minimum Gasteiger partial charge on any atom is -0.296 e. The number of rotatable bonds is 8. The Morgan fingerprint density at radius 2 is 1.89 bits per heavy atom. The lowest BCUT2D eigenvalue weighted by Gasteiger charge is -2.32. The summed E-state index contributed by atoms with van der Waals surface area (Å²) in [6.45, 7) is 9.58. The van der Waals surface area contributed by atoms with Crippen molar-refractivity contribution in [3.05, 3.63) is 70.7 Å². The van der Waals surface area contributed by atoms with Gasteiger partial charge in [0.2, 0.25) is 5.82 Å². The van der Waals surface area contributed by atoms with Gasteiger partial charge in [-0.15, -0.1) is 10.2 Å². The minimum atomic E-state index is 0.0959. The molecular formula is C29H37N7O. The van der Waals surface area contributed by atoms with Crippen LogP contribution >= 0.6 is 0 Å². The van der Waals surface area contributed by atoms with Crippen LogP contribution in [0.2, 0.25) is 0 Å². The molecular weight excluding hydrogens is 462 g/mol.